The second-order valence-electron chi connectivity index (χ2n) is 2.53. The molecule has 0 spiro atoms. The highest BCUT2D eigenvalue weighted by molar-refractivity contribution is 7.23. The number of aromatic nitrogens is 3. The van der Waals surface area contributed by atoms with Crippen molar-refractivity contribution < 1.29 is 0 Å². The first kappa shape index (κ1) is 6.14. The van der Waals surface area contributed by atoms with E-state index in [0.29, 0.717) is 0 Å². The van der Waals surface area contributed by atoms with Crippen molar-refractivity contribution in [3.63, 3.8) is 0 Å². The molecular formula is C8H5N3S. The third-order valence-electron chi connectivity index (χ3n) is 1.83. The van der Waals surface area contributed by atoms with Gasteiger partial charge in [0.2, 0.25) is 0 Å². The van der Waals surface area contributed by atoms with Crippen LogP contribution in [0.4, 0.5) is 0 Å². The number of fused-ring (bicyclic) bond motifs is 3. The summed E-state index contributed by atoms with van der Waals surface area (Å²) in [6.07, 6.45) is 7.45. The zero-order valence-corrected chi connectivity index (χ0v) is 6.95. The summed E-state index contributed by atoms with van der Waals surface area (Å²) in [6, 6.07) is 2.00. The van der Waals surface area contributed by atoms with E-state index in [1.807, 2.05) is 24.7 Å². The Morgan fingerprint density at radius 3 is 3.33 bits per heavy atom. The fourth-order valence-corrected chi connectivity index (χ4v) is 2.25. The van der Waals surface area contributed by atoms with Crippen LogP contribution in [0.3, 0.4) is 0 Å². The molecule has 58 valence electrons. The highest BCUT2D eigenvalue weighted by atomic mass is 32.1. The number of thiazole rings is 1. The van der Waals surface area contributed by atoms with E-state index in [-0.39, 0.29) is 0 Å². The number of imidazole rings is 1. The zero-order chi connectivity index (χ0) is 7.97. The average molecular weight is 175 g/mol. The second-order valence-corrected chi connectivity index (χ2v) is 3.53. The van der Waals surface area contributed by atoms with Gasteiger partial charge in [0.1, 0.15) is 0 Å². The van der Waals surface area contributed by atoms with Gasteiger partial charge in [-0.25, -0.2) is 4.98 Å². The van der Waals surface area contributed by atoms with Gasteiger partial charge in [0, 0.05) is 24.8 Å². The van der Waals surface area contributed by atoms with Crippen molar-refractivity contribution in [3.8, 4) is 0 Å². The smallest absolute Gasteiger partial charge is 0.194 e. The van der Waals surface area contributed by atoms with Crippen molar-refractivity contribution in [2.75, 3.05) is 0 Å². The van der Waals surface area contributed by atoms with E-state index in [9.17, 15) is 0 Å². The number of pyridine rings is 1. The quantitative estimate of drug-likeness (QED) is 0.522. The maximum Gasteiger partial charge on any atom is 0.194 e. The fourth-order valence-electron chi connectivity index (χ4n) is 1.30. The summed E-state index contributed by atoms with van der Waals surface area (Å²) in [7, 11) is 0. The molecule has 0 aliphatic rings. The predicted octanol–water partition coefficient (Wildman–Crippen LogP) is 1.94. The summed E-state index contributed by atoms with van der Waals surface area (Å²) in [5.41, 5.74) is 1.18. The van der Waals surface area contributed by atoms with Crippen molar-refractivity contribution in [1.29, 1.82) is 0 Å². The van der Waals surface area contributed by atoms with E-state index < -0.39 is 0 Å². The van der Waals surface area contributed by atoms with Gasteiger partial charge in [0.25, 0.3) is 0 Å². The first-order valence-electron chi connectivity index (χ1n) is 3.61. The molecule has 0 aromatic carbocycles. The Morgan fingerprint density at radius 1 is 1.33 bits per heavy atom. The molecule has 0 atom stereocenters. The molecule has 0 N–H and O–H groups in total. The summed E-state index contributed by atoms with van der Waals surface area (Å²) in [4.78, 5) is 9.29. The van der Waals surface area contributed by atoms with Crippen molar-refractivity contribution in [3.05, 3.63) is 30.9 Å². The third-order valence-corrected chi connectivity index (χ3v) is 2.85. The van der Waals surface area contributed by atoms with Gasteiger partial charge < -0.3 is 0 Å². The van der Waals surface area contributed by atoms with Gasteiger partial charge in [-0.3, -0.25) is 9.38 Å². The molecular weight excluding hydrogens is 170 g/mol. The Morgan fingerprint density at radius 2 is 2.33 bits per heavy atom. The lowest BCUT2D eigenvalue weighted by atomic mass is 10.4. The van der Waals surface area contributed by atoms with E-state index in [1.165, 1.54) is 10.2 Å². The Hall–Kier alpha value is -1.42. The topological polar surface area (TPSA) is 30.2 Å². The fraction of sp³-hybridized carbons (Fsp3) is 0. The van der Waals surface area contributed by atoms with Crippen molar-refractivity contribution in [1.82, 2.24) is 14.4 Å². The van der Waals surface area contributed by atoms with Crippen LogP contribution in [-0.2, 0) is 0 Å². The standard InChI is InChI=1S/C8H5N3S/c1-2-9-5-7-6(1)11-4-3-10-8(11)12-7/h1-5H. The minimum atomic E-state index is 1.03. The molecule has 0 aliphatic carbocycles. The lowest BCUT2D eigenvalue weighted by molar-refractivity contribution is 1.28. The van der Waals surface area contributed by atoms with Crippen LogP contribution in [0.5, 0.6) is 0 Å². The van der Waals surface area contributed by atoms with E-state index in [2.05, 4.69) is 14.4 Å². The van der Waals surface area contributed by atoms with Gasteiger partial charge in [-0.15, -0.1) is 0 Å². The zero-order valence-electron chi connectivity index (χ0n) is 6.14. The second kappa shape index (κ2) is 2.04. The monoisotopic (exact) mass is 175 g/mol. The molecule has 0 fully saturated rings. The molecule has 4 heteroatoms. The molecule has 0 radical (unpaired) electrons. The molecule has 3 aromatic rings. The maximum absolute atomic E-state index is 4.21. The summed E-state index contributed by atoms with van der Waals surface area (Å²) in [6.45, 7) is 0. The van der Waals surface area contributed by atoms with Crippen LogP contribution in [0, 0.1) is 0 Å². The molecule has 0 amide bonds. The van der Waals surface area contributed by atoms with Crippen LogP contribution >= 0.6 is 11.3 Å². The van der Waals surface area contributed by atoms with Crippen LogP contribution in [-0.4, -0.2) is 14.4 Å². The van der Waals surface area contributed by atoms with Crippen molar-refractivity contribution in [2.45, 2.75) is 0 Å². The minimum absolute atomic E-state index is 1.03. The number of rotatable bonds is 0. The molecule has 0 bridgehead atoms. The van der Waals surface area contributed by atoms with E-state index in [1.54, 1.807) is 17.5 Å². The van der Waals surface area contributed by atoms with Gasteiger partial charge in [0.15, 0.2) is 4.96 Å². The lowest BCUT2D eigenvalue weighted by Crippen LogP contribution is -1.75. The Labute approximate surface area is 72.3 Å². The van der Waals surface area contributed by atoms with Gasteiger partial charge >= 0.3 is 0 Å². The van der Waals surface area contributed by atoms with Crippen molar-refractivity contribution in [2.24, 2.45) is 0 Å². The maximum atomic E-state index is 4.21. The van der Waals surface area contributed by atoms with Crippen LogP contribution in [0.25, 0.3) is 15.2 Å². The Bertz CT molecular complexity index is 536. The molecule has 0 saturated carbocycles. The van der Waals surface area contributed by atoms with Crippen molar-refractivity contribution >= 4 is 26.5 Å². The molecule has 3 nitrogen and oxygen atoms in total. The summed E-state index contributed by atoms with van der Waals surface area (Å²) in [5, 5.41) is 0. The van der Waals surface area contributed by atoms with Crippen LogP contribution in [0.15, 0.2) is 30.9 Å². The Kier molecular flexibility index (Phi) is 1.04. The van der Waals surface area contributed by atoms with Gasteiger partial charge in [-0.2, -0.15) is 0 Å². The molecule has 3 aromatic heterocycles. The summed E-state index contributed by atoms with van der Waals surface area (Å²) < 4.78 is 3.25. The SMILES string of the molecule is c1cc2c(cn1)sc1nccn12. The van der Waals surface area contributed by atoms with Crippen LogP contribution in [0.1, 0.15) is 0 Å². The molecule has 12 heavy (non-hydrogen) atoms. The third kappa shape index (κ3) is 0.648. The van der Waals surface area contributed by atoms with Crippen LogP contribution < -0.4 is 0 Å². The molecule has 0 unspecified atom stereocenters. The van der Waals surface area contributed by atoms with Gasteiger partial charge in [-0.05, 0) is 6.07 Å². The number of hydrogen-bond acceptors (Lipinski definition) is 3. The predicted molar refractivity (Wildman–Crippen MR) is 48.4 cm³/mol. The van der Waals surface area contributed by atoms with Gasteiger partial charge in [-0.1, -0.05) is 11.3 Å². The Balaban J connectivity index is 2.68. The van der Waals surface area contributed by atoms with Crippen LogP contribution in [0.2, 0.25) is 0 Å². The number of hydrogen-bond donors (Lipinski definition) is 0. The van der Waals surface area contributed by atoms with Gasteiger partial charge in [0.05, 0.1) is 10.2 Å². The van der Waals surface area contributed by atoms with E-state index >= 15 is 0 Å². The first-order chi connectivity index (χ1) is 5.95. The average Bonchev–Trinajstić information content (AvgIpc) is 2.62. The highest BCUT2D eigenvalue weighted by Crippen LogP contribution is 2.23. The molecule has 3 rings (SSSR count). The normalized spacial score (nSPS) is 11.3. The highest BCUT2D eigenvalue weighted by Gasteiger charge is 2.02. The van der Waals surface area contributed by atoms with E-state index in [0.717, 1.165) is 4.96 Å². The molecule has 3 heterocycles. The lowest BCUT2D eigenvalue weighted by Gasteiger charge is -1.86. The largest absolute Gasteiger partial charge is 0.290 e. The van der Waals surface area contributed by atoms with E-state index in [4.69, 9.17) is 0 Å². The minimum Gasteiger partial charge on any atom is -0.290 e. The summed E-state index contributed by atoms with van der Waals surface area (Å²) >= 11 is 1.66. The summed E-state index contributed by atoms with van der Waals surface area (Å²) in [5.74, 6) is 0. The number of nitrogens with zero attached hydrogens (tertiary/aromatic N) is 3. The molecule has 0 aliphatic heterocycles. The first-order valence-corrected chi connectivity index (χ1v) is 4.42. The molecule has 0 saturated heterocycles.